The van der Waals surface area contributed by atoms with E-state index < -0.39 is 6.10 Å². The van der Waals surface area contributed by atoms with Crippen molar-refractivity contribution < 1.29 is 5.11 Å². The van der Waals surface area contributed by atoms with Crippen LogP contribution in [0.5, 0.6) is 0 Å². The molecule has 1 unspecified atom stereocenters. The molecule has 0 saturated heterocycles. The molecule has 3 rings (SSSR count). The Balaban J connectivity index is 1.84. The van der Waals surface area contributed by atoms with Crippen LogP contribution < -0.4 is 16.4 Å². The Kier molecular flexibility index (Phi) is 9.57. The number of aliphatic hydroxyl groups is 1. The lowest BCUT2D eigenvalue weighted by atomic mass is 10.1. The molecule has 0 bridgehead atoms. The molecule has 0 aliphatic rings. The molecule has 1 aromatic heterocycles. The second-order valence-electron chi connectivity index (χ2n) is 8.54. The second-order valence-corrected chi connectivity index (χ2v) is 8.54. The van der Waals surface area contributed by atoms with Gasteiger partial charge in [0, 0.05) is 25.0 Å². The first kappa shape index (κ1) is 26.1. The van der Waals surface area contributed by atoms with Crippen molar-refractivity contribution in [3.05, 3.63) is 71.4 Å². The quantitative estimate of drug-likeness (QED) is 0.227. The van der Waals surface area contributed by atoms with Gasteiger partial charge in [-0.1, -0.05) is 50.2 Å². The smallest absolute Gasteiger partial charge is 0.229 e. The molecule has 0 spiro atoms. The van der Waals surface area contributed by atoms with Gasteiger partial charge in [0.25, 0.3) is 0 Å². The van der Waals surface area contributed by atoms with Crippen LogP contribution in [0.1, 0.15) is 37.0 Å². The first-order valence-electron chi connectivity index (χ1n) is 12.1. The first-order valence-corrected chi connectivity index (χ1v) is 12.1. The van der Waals surface area contributed by atoms with Crippen LogP contribution in [0.15, 0.2) is 59.7 Å². The molecule has 8 nitrogen and oxygen atoms in total. The molecular weight excluding hydrogens is 438 g/mol. The summed E-state index contributed by atoms with van der Waals surface area (Å²) in [5, 5.41) is 17.0. The normalized spacial score (nSPS) is 12.6. The molecule has 35 heavy (non-hydrogen) atoms. The zero-order valence-corrected chi connectivity index (χ0v) is 21.1. The zero-order valence-electron chi connectivity index (χ0n) is 21.1. The van der Waals surface area contributed by atoms with Crippen molar-refractivity contribution in [3.63, 3.8) is 0 Å². The highest BCUT2D eigenvalue weighted by Gasteiger charge is 2.14. The molecule has 2 aromatic carbocycles. The highest BCUT2D eigenvalue weighted by Crippen LogP contribution is 2.25. The summed E-state index contributed by atoms with van der Waals surface area (Å²) in [6.07, 6.45) is 1.82. The standard InChI is InChI=1S/C27H37N7O/c1-5-34(6-2)18-22(35)15-16-29-26-23(25(28)32-24-19(3)11-10-12-20(24)4)17-30-27(33-26)31-21-13-8-7-9-14-21/h7-14,17,22,35H,5-6,15-16,18H2,1-4H3,(H2,28,32)(H2,29,30,31,33). The number of rotatable bonds is 12. The molecule has 0 aliphatic carbocycles. The molecule has 0 aliphatic heterocycles. The fourth-order valence-electron chi connectivity index (χ4n) is 3.81. The van der Waals surface area contributed by atoms with Gasteiger partial charge < -0.3 is 26.4 Å². The fourth-order valence-corrected chi connectivity index (χ4v) is 3.81. The van der Waals surface area contributed by atoms with Crippen LogP contribution in [0.4, 0.5) is 23.1 Å². The van der Waals surface area contributed by atoms with Crippen molar-refractivity contribution in [1.82, 2.24) is 14.9 Å². The molecule has 5 N–H and O–H groups in total. The van der Waals surface area contributed by atoms with Crippen molar-refractivity contribution >= 4 is 29.0 Å². The van der Waals surface area contributed by atoms with E-state index in [1.807, 2.05) is 62.4 Å². The van der Waals surface area contributed by atoms with Gasteiger partial charge in [-0.05, 0) is 56.6 Å². The SMILES string of the molecule is CCN(CC)CC(O)CCNc1nc(Nc2ccccc2)ncc1C(N)=Nc1c(C)cccc1C. The van der Waals surface area contributed by atoms with E-state index in [-0.39, 0.29) is 0 Å². The molecule has 1 atom stereocenters. The van der Waals surface area contributed by atoms with Crippen LogP contribution >= 0.6 is 0 Å². The number of anilines is 3. The number of aliphatic hydroxyl groups excluding tert-OH is 1. The van der Waals surface area contributed by atoms with Gasteiger partial charge in [-0.2, -0.15) is 4.98 Å². The average molecular weight is 476 g/mol. The van der Waals surface area contributed by atoms with Gasteiger partial charge in [0.1, 0.15) is 11.7 Å². The number of likely N-dealkylation sites (N-methyl/N-ethyl adjacent to an activating group) is 1. The molecule has 0 amide bonds. The van der Waals surface area contributed by atoms with E-state index in [0.717, 1.165) is 35.6 Å². The highest BCUT2D eigenvalue weighted by molar-refractivity contribution is 6.03. The Hall–Kier alpha value is -3.49. The van der Waals surface area contributed by atoms with Crippen molar-refractivity contribution in [3.8, 4) is 0 Å². The summed E-state index contributed by atoms with van der Waals surface area (Å²) >= 11 is 0. The number of benzene rings is 2. The summed E-state index contributed by atoms with van der Waals surface area (Å²) < 4.78 is 0. The second kappa shape index (κ2) is 12.8. The number of aromatic nitrogens is 2. The maximum absolute atomic E-state index is 10.5. The largest absolute Gasteiger partial charge is 0.392 e. The Bertz CT molecular complexity index is 1090. The van der Waals surface area contributed by atoms with Crippen LogP contribution in [-0.4, -0.2) is 58.1 Å². The third-order valence-corrected chi connectivity index (χ3v) is 5.90. The number of amidine groups is 1. The van der Waals surface area contributed by atoms with Crippen LogP contribution in [-0.2, 0) is 0 Å². The van der Waals surface area contributed by atoms with E-state index in [9.17, 15) is 5.11 Å². The molecule has 0 saturated carbocycles. The van der Waals surface area contributed by atoms with E-state index in [4.69, 9.17) is 10.7 Å². The number of aryl methyl sites for hydroxylation is 2. The first-order chi connectivity index (χ1) is 16.9. The highest BCUT2D eigenvalue weighted by atomic mass is 16.3. The van der Waals surface area contributed by atoms with Crippen molar-refractivity contribution in [2.45, 2.75) is 40.2 Å². The monoisotopic (exact) mass is 475 g/mol. The van der Waals surface area contributed by atoms with Gasteiger partial charge in [-0.3, -0.25) is 0 Å². The zero-order chi connectivity index (χ0) is 25.2. The predicted octanol–water partition coefficient (Wildman–Crippen LogP) is 4.38. The summed E-state index contributed by atoms with van der Waals surface area (Å²) in [6.45, 7) is 11.2. The van der Waals surface area contributed by atoms with Crippen molar-refractivity contribution in [2.24, 2.45) is 10.7 Å². The summed E-state index contributed by atoms with van der Waals surface area (Å²) in [7, 11) is 0. The van der Waals surface area contributed by atoms with Gasteiger partial charge in [-0.15, -0.1) is 0 Å². The van der Waals surface area contributed by atoms with Crippen molar-refractivity contribution in [2.75, 3.05) is 36.8 Å². The van der Waals surface area contributed by atoms with E-state index >= 15 is 0 Å². The van der Waals surface area contributed by atoms with E-state index in [1.54, 1.807) is 6.20 Å². The summed E-state index contributed by atoms with van der Waals surface area (Å²) in [5.74, 6) is 1.35. The number of hydrogen-bond acceptors (Lipinski definition) is 7. The number of nitrogens with one attached hydrogen (secondary N) is 2. The Labute approximate surface area is 208 Å². The minimum absolute atomic E-state index is 0.333. The van der Waals surface area contributed by atoms with Crippen molar-refractivity contribution in [1.29, 1.82) is 0 Å². The Morgan fingerprint density at radius 2 is 1.74 bits per heavy atom. The minimum Gasteiger partial charge on any atom is -0.392 e. The topological polar surface area (TPSA) is 112 Å². The van der Waals surface area contributed by atoms with E-state index in [0.29, 0.717) is 42.7 Å². The molecule has 186 valence electrons. The van der Waals surface area contributed by atoms with Gasteiger partial charge in [0.15, 0.2) is 0 Å². The van der Waals surface area contributed by atoms with Gasteiger partial charge in [0.05, 0.1) is 17.4 Å². The Morgan fingerprint density at radius 1 is 1.06 bits per heavy atom. The summed E-state index contributed by atoms with van der Waals surface area (Å²) in [6, 6.07) is 15.8. The van der Waals surface area contributed by atoms with Gasteiger partial charge in [0.2, 0.25) is 5.95 Å². The maximum Gasteiger partial charge on any atom is 0.229 e. The van der Waals surface area contributed by atoms with E-state index in [2.05, 4.69) is 39.3 Å². The molecule has 3 aromatic rings. The predicted molar refractivity (Wildman–Crippen MR) is 145 cm³/mol. The molecule has 8 heteroatoms. The third-order valence-electron chi connectivity index (χ3n) is 5.90. The van der Waals surface area contributed by atoms with Crippen LogP contribution in [0, 0.1) is 13.8 Å². The number of aliphatic imine (C=N–C) groups is 1. The van der Waals surface area contributed by atoms with Crippen LogP contribution in [0.3, 0.4) is 0 Å². The van der Waals surface area contributed by atoms with Gasteiger partial charge in [-0.25, -0.2) is 9.98 Å². The number of para-hydroxylation sites is 2. The lowest BCUT2D eigenvalue weighted by molar-refractivity contribution is 0.113. The Morgan fingerprint density at radius 3 is 2.40 bits per heavy atom. The lowest BCUT2D eigenvalue weighted by Gasteiger charge is -2.22. The molecule has 0 fully saturated rings. The summed E-state index contributed by atoms with van der Waals surface area (Å²) in [4.78, 5) is 16.1. The molecule has 1 heterocycles. The molecule has 0 radical (unpaired) electrons. The fraction of sp³-hybridized carbons (Fsp3) is 0.370. The third kappa shape index (κ3) is 7.50. The average Bonchev–Trinajstić information content (AvgIpc) is 2.85. The van der Waals surface area contributed by atoms with Crippen LogP contribution in [0.25, 0.3) is 0 Å². The molecular formula is C27H37N7O. The number of hydrogen-bond donors (Lipinski definition) is 4. The number of nitrogens with zero attached hydrogens (tertiary/aromatic N) is 4. The summed E-state index contributed by atoms with van der Waals surface area (Å²) in [5.41, 5.74) is 10.9. The van der Waals surface area contributed by atoms with E-state index in [1.165, 1.54) is 0 Å². The van der Waals surface area contributed by atoms with Gasteiger partial charge >= 0.3 is 0 Å². The maximum atomic E-state index is 10.5. The number of nitrogens with two attached hydrogens (primary N) is 1. The minimum atomic E-state index is -0.435. The lowest BCUT2D eigenvalue weighted by Crippen LogP contribution is -2.33. The van der Waals surface area contributed by atoms with Crippen LogP contribution in [0.2, 0.25) is 0 Å².